The summed E-state index contributed by atoms with van der Waals surface area (Å²) in [6.45, 7) is 10.6. The van der Waals surface area contributed by atoms with Crippen molar-refractivity contribution in [2.45, 2.75) is 57.8 Å². The molecular formula is C19H28N4O4S. The predicted octanol–water partition coefficient (Wildman–Crippen LogP) is 3.43. The van der Waals surface area contributed by atoms with E-state index in [0.29, 0.717) is 24.5 Å². The maximum absolute atomic E-state index is 12.8. The van der Waals surface area contributed by atoms with Crippen molar-refractivity contribution in [1.82, 2.24) is 14.5 Å². The van der Waals surface area contributed by atoms with E-state index in [0.717, 1.165) is 12.8 Å². The molecule has 0 spiro atoms. The van der Waals surface area contributed by atoms with Gasteiger partial charge in [-0.25, -0.2) is 8.42 Å². The molecule has 9 heteroatoms. The van der Waals surface area contributed by atoms with Gasteiger partial charge in [0.2, 0.25) is 15.9 Å². The minimum Gasteiger partial charge on any atom is -0.407 e. The van der Waals surface area contributed by atoms with Gasteiger partial charge in [-0.05, 0) is 37.1 Å². The first-order valence-corrected chi connectivity index (χ1v) is 10.8. The summed E-state index contributed by atoms with van der Waals surface area (Å²) in [4.78, 5) is 12.5. The van der Waals surface area contributed by atoms with E-state index in [1.54, 1.807) is 0 Å². The SMILES string of the molecule is CCCN(CCC)S(=O)(=O)c1ccc(C(=O)Nc2nnc(C(C)(C)C)o2)cc1. The molecule has 0 aliphatic heterocycles. The van der Waals surface area contributed by atoms with Gasteiger partial charge in [0.05, 0.1) is 4.90 Å². The number of anilines is 1. The Morgan fingerprint density at radius 1 is 1.07 bits per heavy atom. The largest absolute Gasteiger partial charge is 0.407 e. The lowest BCUT2D eigenvalue weighted by molar-refractivity contribution is 0.102. The van der Waals surface area contributed by atoms with Crippen LogP contribution >= 0.6 is 0 Å². The Morgan fingerprint density at radius 2 is 1.64 bits per heavy atom. The number of sulfonamides is 1. The first-order chi connectivity index (χ1) is 13.1. The van der Waals surface area contributed by atoms with Crippen LogP contribution in [0.2, 0.25) is 0 Å². The van der Waals surface area contributed by atoms with Crippen LogP contribution in [0.25, 0.3) is 0 Å². The van der Waals surface area contributed by atoms with E-state index in [2.05, 4.69) is 15.5 Å². The topological polar surface area (TPSA) is 105 Å². The van der Waals surface area contributed by atoms with Gasteiger partial charge in [-0.15, -0.1) is 5.10 Å². The molecule has 0 saturated heterocycles. The Labute approximate surface area is 166 Å². The molecule has 2 aromatic rings. The summed E-state index contributed by atoms with van der Waals surface area (Å²) >= 11 is 0. The van der Waals surface area contributed by atoms with Crippen LogP contribution in [0.1, 0.15) is 63.7 Å². The quantitative estimate of drug-likeness (QED) is 0.717. The van der Waals surface area contributed by atoms with Crippen molar-refractivity contribution >= 4 is 21.9 Å². The molecule has 0 radical (unpaired) electrons. The molecule has 0 aliphatic carbocycles. The number of hydrogen-bond donors (Lipinski definition) is 1. The highest BCUT2D eigenvalue weighted by molar-refractivity contribution is 7.89. The summed E-state index contributed by atoms with van der Waals surface area (Å²) in [7, 11) is -3.58. The van der Waals surface area contributed by atoms with Crippen molar-refractivity contribution in [2.24, 2.45) is 0 Å². The summed E-state index contributed by atoms with van der Waals surface area (Å²) < 4.78 is 32.5. The zero-order valence-corrected chi connectivity index (χ0v) is 17.8. The van der Waals surface area contributed by atoms with Crippen molar-refractivity contribution in [3.05, 3.63) is 35.7 Å². The molecule has 154 valence electrons. The number of carbonyl (C=O) groups excluding carboxylic acids is 1. The number of rotatable bonds is 8. The number of nitrogens with one attached hydrogen (secondary N) is 1. The van der Waals surface area contributed by atoms with Gasteiger partial charge in [0.15, 0.2) is 0 Å². The van der Waals surface area contributed by atoms with Gasteiger partial charge in [-0.2, -0.15) is 4.31 Å². The van der Waals surface area contributed by atoms with Gasteiger partial charge in [0, 0.05) is 24.1 Å². The summed E-state index contributed by atoms with van der Waals surface area (Å²) in [5.74, 6) is -0.0387. The Kier molecular flexibility index (Phi) is 6.95. The van der Waals surface area contributed by atoms with Crippen molar-refractivity contribution in [3.63, 3.8) is 0 Å². The molecule has 0 saturated carbocycles. The van der Waals surface area contributed by atoms with Gasteiger partial charge in [0.25, 0.3) is 5.91 Å². The summed E-state index contributed by atoms with van der Waals surface area (Å²) in [5, 5.41) is 10.3. The fourth-order valence-electron chi connectivity index (χ4n) is 2.52. The normalized spacial score (nSPS) is 12.4. The summed E-state index contributed by atoms with van der Waals surface area (Å²) in [6, 6.07) is 5.83. The van der Waals surface area contributed by atoms with Crippen LogP contribution in [0.5, 0.6) is 0 Å². The zero-order valence-electron chi connectivity index (χ0n) is 17.0. The van der Waals surface area contributed by atoms with Crippen LogP contribution < -0.4 is 5.32 Å². The third kappa shape index (κ3) is 5.17. The smallest absolute Gasteiger partial charge is 0.322 e. The first-order valence-electron chi connectivity index (χ1n) is 9.35. The summed E-state index contributed by atoms with van der Waals surface area (Å²) in [6.07, 6.45) is 1.47. The second-order valence-electron chi connectivity index (χ2n) is 7.54. The first kappa shape index (κ1) is 22.0. The van der Waals surface area contributed by atoms with E-state index >= 15 is 0 Å². The van der Waals surface area contributed by atoms with E-state index in [1.807, 2.05) is 34.6 Å². The molecule has 1 aromatic heterocycles. The number of amides is 1. The van der Waals surface area contributed by atoms with Crippen molar-refractivity contribution in [1.29, 1.82) is 0 Å². The maximum Gasteiger partial charge on any atom is 0.322 e. The molecule has 8 nitrogen and oxygen atoms in total. The second-order valence-corrected chi connectivity index (χ2v) is 9.48. The Morgan fingerprint density at radius 3 is 2.11 bits per heavy atom. The zero-order chi connectivity index (χ0) is 20.9. The summed E-state index contributed by atoms with van der Waals surface area (Å²) in [5.41, 5.74) is -0.0264. The van der Waals surface area contributed by atoms with Gasteiger partial charge in [0.1, 0.15) is 0 Å². The Hall–Kier alpha value is -2.26. The highest BCUT2D eigenvalue weighted by Gasteiger charge is 2.24. The third-order valence-corrected chi connectivity index (χ3v) is 5.90. The number of hydrogen-bond acceptors (Lipinski definition) is 6. The van der Waals surface area contributed by atoms with Crippen LogP contribution in [-0.2, 0) is 15.4 Å². The third-order valence-electron chi connectivity index (χ3n) is 3.99. The van der Waals surface area contributed by atoms with Crippen LogP contribution in [-0.4, -0.2) is 41.9 Å². The highest BCUT2D eigenvalue weighted by atomic mass is 32.2. The van der Waals surface area contributed by atoms with Crippen molar-refractivity contribution in [3.8, 4) is 0 Å². The number of nitrogens with zero attached hydrogens (tertiary/aromatic N) is 3. The molecule has 1 aromatic carbocycles. The Balaban J connectivity index is 2.15. The van der Waals surface area contributed by atoms with Crippen LogP contribution in [0.4, 0.5) is 6.01 Å². The van der Waals surface area contributed by atoms with E-state index in [-0.39, 0.29) is 16.3 Å². The highest BCUT2D eigenvalue weighted by Crippen LogP contribution is 2.22. The lowest BCUT2D eigenvalue weighted by atomic mass is 9.97. The van der Waals surface area contributed by atoms with Gasteiger partial charge < -0.3 is 4.42 Å². The lowest BCUT2D eigenvalue weighted by Gasteiger charge is -2.21. The minimum absolute atomic E-state index is 0.00342. The molecule has 0 fully saturated rings. The fraction of sp³-hybridized carbons (Fsp3) is 0.526. The van der Waals surface area contributed by atoms with E-state index in [9.17, 15) is 13.2 Å². The van der Waals surface area contributed by atoms with E-state index in [4.69, 9.17) is 4.42 Å². The second kappa shape index (κ2) is 8.83. The van der Waals surface area contributed by atoms with Crippen molar-refractivity contribution in [2.75, 3.05) is 18.4 Å². The average molecular weight is 409 g/mol. The van der Waals surface area contributed by atoms with Crippen molar-refractivity contribution < 1.29 is 17.6 Å². The average Bonchev–Trinajstić information content (AvgIpc) is 3.10. The fourth-order valence-corrected chi connectivity index (χ4v) is 4.15. The van der Waals surface area contributed by atoms with Gasteiger partial charge in [-0.1, -0.05) is 39.7 Å². The van der Waals surface area contributed by atoms with Gasteiger partial charge in [-0.3, -0.25) is 10.1 Å². The Bertz CT molecular complexity index is 893. The number of benzene rings is 1. The minimum atomic E-state index is -3.58. The van der Waals surface area contributed by atoms with Crippen LogP contribution in [0.15, 0.2) is 33.6 Å². The van der Waals surface area contributed by atoms with Gasteiger partial charge >= 0.3 is 6.01 Å². The standard InChI is InChI=1S/C19H28N4O4S/c1-6-12-23(13-7-2)28(25,26)15-10-8-14(9-11-15)16(24)20-18-22-21-17(27-18)19(3,4)5/h8-11H,6-7,12-13H2,1-5H3,(H,20,22,24). The van der Waals surface area contributed by atoms with Crippen LogP contribution in [0, 0.1) is 0 Å². The molecule has 1 heterocycles. The maximum atomic E-state index is 12.8. The molecular weight excluding hydrogens is 380 g/mol. The number of carbonyl (C=O) groups is 1. The molecule has 28 heavy (non-hydrogen) atoms. The molecule has 0 bridgehead atoms. The monoisotopic (exact) mass is 408 g/mol. The van der Waals surface area contributed by atoms with Crippen LogP contribution in [0.3, 0.4) is 0 Å². The predicted molar refractivity (Wildman–Crippen MR) is 107 cm³/mol. The molecule has 2 rings (SSSR count). The molecule has 1 N–H and O–H groups in total. The molecule has 0 unspecified atom stereocenters. The van der Waals surface area contributed by atoms with E-state index < -0.39 is 15.9 Å². The molecule has 0 atom stereocenters. The van der Waals surface area contributed by atoms with E-state index in [1.165, 1.54) is 28.6 Å². The molecule has 0 aliphatic rings. The number of aromatic nitrogens is 2. The lowest BCUT2D eigenvalue weighted by Crippen LogP contribution is -2.32. The molecule has 1 amide bonds.